The zero-order chi connectivity index (χ0) is 46.2. The third-order valence-corrected chi connectivity index (χ3v) is 18.0. The molecule has 1 amide bonds. The number of hydrogen-bond acceptors (Lipinski definition) is 11. The van der Waals surface area contributed by atoms with Gasteiger partial charge in [0.15, 0.2) is 17.5 Å². The number of nitrogens with zero attached hydrogens (tertiary/aromatic N) is 6. The summed E-state index contributed by atoms with van der Waals surface area (Å²) in [7, 11) is 1.45. The second kappa shape index (κ2) is 19.5. The van der Waals surface area contributed by atoms with E-state index in [1.54, 1.807) is 36.7 Å². The Hall–Kier alpha value is -4.29. The van der Waals surface area contributed by atoms with Crippen LogP contribution in [0.25, 0.3) is 32.9 Å². The summed E-state index contributed by atoms with van der Waals surface area (Å²) in [5.74, 6) is -2.52. The molecule has 0 radical (unpaired) electrons. The van der Waals surface area contributed by atoms with Crippen molar-refractivity contribution in [1.82, 2.24) is 24.9 Å². The van der Waals surface area contributed by atoms with Gasteiger partial charge in [-0.05, 0) is 70.6 Å². The minimum atomic E-state index is -1.69. The van der Waals surface area contributed by atoms with E-state index in [1.165, 1.54) is 36.5 Å². The topological polar surface area (TPSA) is 102 Å². The summed E-state index contributed by atoms with van der Waals surface area (Å²) in [4.78, 5) is 29.6. The summed E-state index contributed by atoms with van der Waals surface area (Å²) < 4.78 is 119. The zero-order valence-electron chi connectivity index (χ0n) is 35.9. The zero-order valence-corrected chi connectivity index (χ0v) is 42.1. The molecule has 0 spiro atoms. The number of ether oxygens (including phenoxy) is 4. The summed E-state index contributed by atoms with van der Waals surface area (Å²) in [6.45, 7) is 5.32. The van der Waals surface area contributed by atoms with E-state index in [0.717, 1.165) is 22.6 Å². The molecule has 3 atom stereocenters. The van der Waals surface area contributed by atoms with Crippen LogP contribution in [-0.2, 0) is 21.3 Å². The standard InChI is InChI=1S/C45H43F6N6O5.PS.Tl/c1-6-29-32(47)11-10-25-16-28(61-24-59-5)19-30(36(25)29)39-38(51)40-31(21-52-39)41(56-14-8-7-9-15-57(56)43(58)62-44(2,3)4)54-42(53-40)60-23-45-13-12-35(55(45)22-27(46)20-45)26-17-33(48)37(50)34(49)18-26;1-2;/h10-11,16-19,21,27,35H,7-9,12-15,20,22-24H2,2-5H3;;/q;-1;+2/t27-,35-,45+;;/m1../s1. The number of benzene rings is 3. The SMILES string of the molecule is COCOc1cc(-c2ncc3c(N4CCCCCN4C(=O)OC(C)(C)C)nc(OC[C@@]45CC[C@H](c6cc(F)c(F)c(F)c6)N4C[C@H](F)C5)nc3c2F)c2c(C#[C][Tl]=[P+]=S)c(F)ccc2c1. The van der Waals surface area contributed by atoms with E-state index in [2.05, 4.69) is 19.4 Å². The monoisotopic (exact) mass is 1130 g/mol. The number of aromatic nitrogens is 3. The van der Waals surface area contributed by atoms with E-state index in [1.807, 2.05) is 0 Å². The molecule has 0 aliphatic carbocycles. The number of rotatable bonds is 9. The molecule has 3 aliphatic rings. The van der Waals surface area contributed by atoms with Gasteiger partial charge in [0, 0.05) is 25.6 Å². The van der Waals surface area contributed by atoms with E-state index >= 15 is 13.2 Å². The number of amides is 1. The predicted molar refractivity (Wildman–Crippen MR) is 236 cm³/mol. The number of alkyl halides is 1. The van der Waals surface area contributed by atoms with Crippen molar-refractivity contribution in [2.45, 2.75) is 82.6 Å². The maximum atomic E-state index is 17.8. The molecule has 8 rings (SSSR count). The van der Waals surface area contributed by atoms with Crippen molar-refractivity contribution in [3.05, 3.63) is 82.8 Å². The number of methoxy groups -OCH3 is 1. The second-order valence-corrected chi connectivity index (χ2v) is 29.8. The molecule has 3 aromatic carbocycles. The molecule has 338 valence electrons. The van der Waals surface area contributed by atoms with Crippen molar-refractivity contribution in [3.8, 4) is 32.4 Å². The third kappa shape index (κ3) is 9.77. The average Bonchev–Trinajstić information content (AvgIpc) is 3.64. The summed E-state index contributed by atoms with van der Waals surface area (Å²) in [6, 6.07) is 6.88. The fraction of sp³-hybridized carbons (Fsp3) is 0.422. The summed E-state index contributed by atoms with van der Waals surface area (Å²) in [6.07, 6.45) is 2.12. The van der Waals surface area contributed by atoms with E-state index in [4.69, 9.17) is 35.7 Å². The molecule has 20 heteroatoms. The van der Waals surface area contributed by atoms with Gasteiger partial charge in [0.05, 0.1) is 5.54 Å². The summed E-state index contributed by atoms with van der Waals surface area (Å²) in [5, 5.41) is 3.90. The molecule has 5 heterocycles. The second-order valence-electron chi connectivity index (χ2n) is 17.2. The van der Waals surface area contributed by atoms with E-state index in [0.29, 0.717) is 31.1 Å². The van der Waals surface area contributed by atoms with Crippen LogP contribution in [0.15, 0.2) is 42.6 Å². The molecular formula is C45H43F6N6O5PSTl+. The summed E-state index contributed by atoms with van der Waals surface area (Å²) in [5.41, 5.74) is -1.98. The number of anilines is 1. The molecule has 3 saturated heterocycles. The van der Waals surface area contributed by atoms with Crippen molar-refractivity contribution < 1.29 is 50.1 Å². The Morgan fingerprint density at radius 2 is 1.77 bits per heavy atom. The molecule has 3 aliphatic heterocycles. The number of carbonyl (C=O) groups excluding carboxylic acids is 1. The van der Waals surface area contributed by atoms with Gasteiger partial charge < -0.3 is 4.74 Å². The summed E-state index contributed by atoms with van der Waals surface area (Å²) >= 11 is 3.44. The molecule has 2 aromatic heterocycles. The van der Waals surface area contributed by atoms with Crippen LogP contribution in [0.4, 0.5) is 37.0 Å². The Morgan fingerprint density at radius 3 is 2.51 bits per heavy atom. The van der Waals surface area contributed by atoms with Gasteiger partial charge in [-0.15, -0.1) is 0 Å². The van der Waals surface area contributed by atoms with Crippen LogP contribution >= 0.6 is 4.00 Å². The van der Waals surface area contributed by atoms with Gasteiger partial charge in [-0.2, -0.15) is 0 Å². The fourth-order valence-electron chi connectivity index (χ4n) is 8.99. The van der Waals surface area contributed by atoms with Gasteiger partial charge >= 0.3 is 228 Å². The number of fused-ring (bicyclic) bond motifs is 3. The van der Waals surface area contributed by atoms with Gasteiger partial charge in [0.1, 0.15) is 11.8 Å². The molecular weight excluding hydrogens is 1090 g/mol. The molecule has 65 heavy (non-hydrogen) atoms. The van der Waals surface area contributed by atoms with Crippen LogP contribution < -0.4 is 14.5 Å². The predicted octanol–water partition coefficient (Wildman–Crippen LogP) is 9.70. The van der Waals surface area contributed by atoms with Crippen LogP contribution in [0.2, 0.25) is 0 Å². The number of carbonyl (C=O) groups is 1. The molecule has 0 saturated carbocycles. The van der Waals surface area contributed by atoms with E-state index in [-0.39, 0.29) is 95.7 Å². The quantitative estimate of drug-likeness (QED) is 0.0352. The molecule has 0 bridgehead atoms. The third-order valence-electron chi connectivity index (χ3n) is 11.7. The number of hydrazine groups is 1. The fourth-order valence-corrected chi connectivity index (χ4v) is 12.4. The van der Waals surface area contributed by atoms with E-state index in [9.17, 15) is 18.0 Å². The Balaban J connectivity index is 1.29. The Bertz CT molecular complexity index is 2790. The maximum absolute atomic E-state index is 17.8. The van der Waals surface area contributed by atoms with Crippen LogP contribution in [0, 0.1) is 38.5 Å². The van der Waals surface area contributed by atoms with Crippen LogP contribution in [-0.4, -0.2) is 112 Å². The van der Waals surface area contributed by atoms with Crippen LogP contribution in [0.5, 0.6) is 11.8 Å². The molecule has 11 nitrogen and oxygen atoms in total. The van der Waals surface area contributed by atoms with Crippen molar-refractivity contribution in [2.75, 3.05) is 45.2 Å². The molecule has 3 fully saturated rings. The normalized spacial score (nSPS) is 20.0. The van der Waals surface area contributed by atoms with E-state index < -0.39 is 81.6 Å². The minimum absolute atomic E-state index is 0.00313. The van der Waals surface area contributed by atoms with Gasteiger partial charge in [0.25, 0.3) is 0 Å². The van der Waals surface area contributed by atoms with Crippen LogP contribution in [0.3, 0.4) is 0 Å². The average molecular weight is 1130 g/mol. The number of pyridine rings is 1. The first kappa shape index (κ1) is 47.2. The van der Waals surface area contributed by atoms with Crippen LogP contribution in [0.1, 0.15) is 76.5 Å². The number of halogens is 6. The first-order valence-corrected chi connectivity index (χ1v) is 31.2. The molecule has 5 aromatic rings. The Kier molecular flexibility index (Phi) is 14.2. The van der Waals surface area contributed by atoms with Gasteiger partial charge in [-0.25, -0.2) is 22.4 Å². The van der Waals surface area contributed by atoms with Crippen molar-refractivity contribution in [2.24, 2.45) is 0 Å². The van der Waals surface area contributed by atoms with Gasteiger partial charge in [0.2, 0.25) is 0 Å². The van der Waals surface area contributed by atoms with Gasteiger partial charge in [-0.3, -0.25) is 4.90 Å². The molecule has 0 N–H and O–H groups in total. The molecule has 0 unspecified atom stereocenters. The van der Waals surface area contributed by atoms with Crippen molar-refractivity contribution in [1.29, 1.82) is 0 Å². The van der Waals surface area contributed by atoms with Crippen molar-refractivity contribution >= 4 is 72.5 Å². The first-order chi connectivity index (χ1) is 31.1. The first-order valence-electron chi connectivity index (χ1n) is 21.0. The Morgan fingerprint density at radius 1 is 1.00 bits per heavy atom. The Labute approximate surface area is 388 Å². The number of hydrogen-bond donors (Lipinski definition) is 0. The van der Waals surface area contributed by atoms with Gasteiger partial charge in [-0.1, -0.05) is 0 Å². The van der Waals surface area contributed by atoms with Crippen molar-refractivity contribution in [3.63, 3.8) is 0 Å².